The van der Waals surface area contributed by atoms with Gasteiger partial charge in [0, 0.05) is 34.6 Å². The molecule has 2 heterocycles. The molecular formula is C16H21N3O2. The molecule has 112 valence electrons. The second-order valence-electron chi connectivity index (χ2n) is 4.35. The molecule has 1 fully saturated rings. The summed E-state index contributed by atoms with van der Waals surface area (Å²) < 4.78 is 123. The Bertz CT molecular complexity index is 1190. The Morgan fingerprint density at radius 3 is 3.33 bits per heavy atom. The monoisotopic (exact) mass is 302 g/mol. The molecule has 2 aromatic rings. The summed E-state index contributed by atoms with van der Waals surface area (Å²) in [6.45, 7) is -10.3. The molecule has 0 saturated carbocycles. The first kappa shape index (κ1) is 4.74. The summed E-state index contributed by atoms with van der Waals surface area (Å²) in [7, 11) is 0. The highest BCUT2D eigenvalue weighted by atomic mass is 16.6. The fourth-order valence-corrected chi connectivity index (χ4v) is 1.90. The standard InChI is InChI=1S/C16H21N3O2/c1-19(2)6-5-12-9-17-15-4-3-11(8-14(12)15)7-13-10-21-16(20)18-13/h3-4,8-9,13,17H,5-7,10H2,1-2H3,(H,18,20)/t13-/m0/s1/i1D3,2D3,3D,4D,5D2,8D,10D2/hD2. The Morgan fingerprint density at radius 2 is 2.57 bits per heavy atom. The Balaban J connectivity index is 2.21. The third kappa shape index (κ3) is 3.19. The van der Waals surface area contributed by atoms with Gasteiger partial charge in [-0.3, -0.25) is 0 Å². The molecule has 21 heavy (non-hydrogen) atoms. The minimum Gasteiger partial charge on any atom is -0.447 e. The summed E-state index contributed by atoms with van der Waals surface area (Å²) in [5.41, 5.74) is -1.22. The van der Waals surface area contributed by atoms with Gasteiger partial charge in [0.25, 0.3) is 0 Å². The minimum absolute atomic E-state index is 0.0217. The number of carbonyl (C=O) groups is 1. The number of rotatable bonds is 5. The van der Waals surface area contributed by atoms with Gasteiger partial charge in [0.2, 0.25) is 0 Å². The number of fused-ring (bicyclic) bond motifs is 1. The van der Waals surface area contributed by atoms with Gasteiger partial charge in [-0.2, -0.15) is 0 Å². The smallest absolute Gasteiger partial charge is 0.407 e. The third-order valence-corrected chi connectivity index (χ3v) is 2.81. The number of aromatic amines is 1. The van der Waals surface area contributed by atoms with Crippen LogP contribution < -0.4 is 5.31 Å². The number of nitrogens with one attached hydrogen (secondary N) is 2. The molecule has 0 aliphatic carbocycles. The topological polar surface area (TPSA) is 57.4 Å². The number of amides is 1. The van der Waals surface area contributed by atoms with Crippen LogP contribution in [-0.4, -0.2) is 49.1 Å². The number of nitrogens with zero attached hydrogens (tertiary/aromatic N) is 1. The summed E-state index contributed by atoms with van der Waals surface area (Å²) >= 11 is 0. The first-order chi connectivity index (χ1) is 16.1. The van der Waals surface area contributed by atoms with Gasteiger partial charge in [-0.1, -0.05) is 6.04 Å². The van der Waals surface area contributed by atoms with E-state index in [1.54, 1.807) is 0 Å². The van der Waals surface area contributed by atoms with Crippen molar-refractivity contribution in [3.8, 4) is 0 Å². The van der Waals surface area contributed by atoms with Crippen LogP contribution >= 0.6 is 0 Å². The second kappa shape index (κ2) is 5.77. The molecule has 5 nitrogen and oxygen atoms in total. The quantitative estimate of drug-likeness (QED) is 0.887. The zero-order valence-electron chi connectivity index (χ0n) is 25.7. The molecule has 1 aliphatic rings. The average Bonchev–Trinajstić information content (AvgIpc) is 3.15. The zero-order chi connectivity index (χ0) is 27.8. The lowest BCUT2D eigenvalue weighted by Crippen LogP contribution is -2.28. The number of hydrogen-bond acceptors (Lipinski definition) is 3. The Morgan fingerprint density at radius 1 is 1.67 bits per heavy atom. The van der Waals surface area contributed by atoms with Crippen LogP contribution in [0.3, 0.4) is 0 Å². The molecule has 1 aromatic heterocycles. The SMILES string of the molecule is [2H]c1c(C[C@@H]2N([2H])C(=O)OC2([2H])[2H])c([2H])c2c(C([2H])([2H])CN(C([2H])([2H])[2H])C([2H])([2H])[2H])cn([2H])c2c1[2H]. The van der Waals surface area contributed by atoms with Gasteiger partial charge >= 0.3 is 6.09 Å². The summed E-state index contributed by atoms with van der Waals surface area (Å²) in [5.74, 6) is 0. The molecule has 5 heteroatoms. The van der Waals surface area contributed by atoms with Gasteiger partial charge in [-0.25, -0.2) is 4.79 Å². The number of alkyl carbamates (subject to hydrolysis) is 1. The van der Waals surface area contributed by atoms with Crippen LogP contribution in [-0.2, 0) is 17.5 Å². The van der Waals surface area contributed by atoms with Gasteiger partial charge in [0.05, 0.1) is 12.9 Å². The third-order valence-electron chi connectivity index (χ3n) is 2.81. The first-order valence-electron chi connectivity index (χ1n) is 13.4. The number of benzene rings is 1. The molecule has 0 spiro atoms. The van der Waals surface area contributed by atoms with Crippen LogP contribution in [0.15, 0.2) is 24.3 Å². The number of H-pyrrole nitrogens is 1. The summed E-state index contributed by atoms with van der Waals surface area (Å²) in [5, 5.41) is -0.197. The Kier molecular flexibility index (Phi) is 1.30. The van der Waals surface area contributed by atoms with Crippen molar-refractivity contribution < 1.29 is 30.2 Å². The van der Waals surface area contributed by atoms with E-state index in [9.17, 15) is 4.79 Å². The molecule has 1 atom stereocenters. The molecule has 0 radical (unpaired) electrons. The van der Waals surface area contributed by atoms with Gasteiger partial charge in [0.15, 0.2) is 2.82 Å². The molecule has 1 amide bonds. The molecule has 1 aromatic carbocycles. The summed E-state index contributed by atoms with van der Waals surface area (Å²) in [6.07, 6.45) is -3.87. The van der Waals surface area contributed by atoms with Crippen molar-refractivity contribution in [2.75, 3.05) is 27.1 Å². The van der Waals surface area contributed by atoms with Gasteiger partial charge in [0.1, 0.15) is 6.56 Å². The normalized spacial score (nSPS) is 33.4. The van der Waals surface area contributed by atoms with E-state index in [2.05, 4.69) is 4.74 Å². The number of cyclic esters (lactones) is 1. The Hall–Kier alpha value is -2.01. The molecule has 1 aliphatic heterocycles. The van der Waals surface area contributed by atoms with E-state index in [4.69, 9.17) is 20.6 Å². The summed E-state index contributed by atoms with van der Waals surface area (Å²) in [6, 6.07) is -3.50. The fourth-order valence-electron chi connectivity index (χ4n) is 1.90. The maximum Gasteiger partial charge on any atom is 0.407 e. The molecule has 1 saturated heterocycles. The lowest BCUT2D eigenvalue weighted by molar-refractivity contribution is 0.177. The van der Waals surface area contributed by atoms with Crippen molar-refractivity contribution in [1.82, 2.24) is 15.2 Å². The van der Waals surface area contributed by atoms with E-state index in [0.29, 0.717) is 4.98 Å². The van der Waals surface area contributed by atoms with Crippen LogP contribution in [0.5, 0.6) is 0 Å². The number of aromatic nitrogens is 1. The van der Waals surface area contributed by atoms with Crippen molar-refractivity contribution in [2.45, 2.75) is 18.8 Å². The number of hydrogen-bond donors (Lipinski definition) is 2. The van der Waals surface area contributed by atoms with E-state index in [0.717, 1.165) is 6.20 Å². The molecule has 0 unspecified atom stereocenters. The molecule has 3 rings (SSSR count). The number of carbonyl (C=O) groups excluding carboxylic acids is 1. The zero-order valence-corrected chi connectivity index (χ0v) is 10.7. The largest absolute Gasteiger partial charge is 0.447 e. The Labute approximate surface area is 145 Å². The van der Waals surface area contributed by atoms with Crippen LogP contribution in [0, 0.1) is 0 Å². The van der Waals surface area contributed by atoms with Crippen molar-refractivity contribution in [2.24, 2.45) is 0 Å². The average molecular weight is 302 g/mol. The van der Waals surface area contributed by atoms with Crippen LogP contribution in [0.2, 0.25) is 2.82 Å². The van der Waals surface area contributed by atoms with E-state index in [1.165, 1.54) is 0 Å². The predicted octanol–water partition coefficient (Wildman–Crippen LogP) is 1.92. The van der Waals surface area contributed by atoms with Crippen molar-refractivity contribution in [3.05, 3.63) is 35.5 Å². The highest BCUT2D eigenvalue weighted by molar-refractivity contribution is 5.84. The highest BCUT2D eigenvalue weighted by Gasteiger charge is 2.22. The van der Waals surface area contributed by atoms with Crippen molar-refractivity contribution >= 4 is 17.0 Å². The number of ether oxygens (including phenoxy) is 1. The molecular weight excluding hydrogens is 266 g/mol. The maximum atomic E-state index is 11.7. The van der Waals surface area contributed by atoms with E-state index in [1.807, 2.05) is 0 Å². The first-order valence-corrected chi connectivity index (χ1v) is 6.03. The van der Waals surface area contributed by atoms with E-state index >= 15 is 0 Å². The lowest BCUT2D eigenvalue weighted by atomic mass is 10.0. The van der Waals surface area contributed by atoms with Crippen LogP contribution in [0.1, 0.15) is 28.9 Å². The van der Waals surface area contributed by atoms with Gasteiger partial charge in [-0.05, 0) is 50.0 Å². The summed E-state index contributed by atoms with van der Waals surface area (Å²) in [4.78, 5) is 12.2. The van der Waals surface area contributed by atoms with Crippen LogP contribution in [0.4, 0.5) is 4.79 Å². The van der Waals surface area contributed by atoms with Gasteiger partial charge < -0.3 is 19.9 Å². The highest BCUT2D eigenvalue weighted by Crippen LogP contribution is 2.21. The van der Waals surface area contributed by atoms with Crippen molar-refractivity contribution in [3.63, 3.8) is 0 Å². The van der Waals surface area contributed by atoms with Crippen molar-refractivity contribution in [1.29, 1.82) is 0 Å². The maximum absolute atomic E-state index is 11.7. The predicted molar refractivity (Wildman–Crippen MR) is 82.5 cm³/mol. The van der Waals surface area contributed by atoms with E-state index < -0.39 is 75.7 Å². The second-order valence-corrected chi connectivity index (χ2v) is 4.35. The molecule has 0 bridgehead atoms. The van der Waals surface area contributed by atoms with E-state index in [-0.39, 0.29) is 26.7 Å². The number of likely N-dealkylation sites (N-methyl/N-ethyl adjacent to an activating group) is 1. The fraction of sp³-hybridized carbons (Fsp3) is 0.438. The lowest BCUT2D eigenvalue weighted by Gasteiger charge is -2.09. The van der Waals surface area contributed by atoms with Crippen LogP contribution in [0.25, 0.3) is 10.9 Å². The van der Waals surface area contributed by atoms with Gasteiger partial charge in [-0.15, -0.1) is 0 Å². The minimum atomic E-state index is -3.22. The molecule has 2 N–H and O–H groups in total.